The Morgan fingerprint density at radius 3 is 3.11 bits per heavy atom. The molecular formula is C15H18N2O. The van der Waals surface area contributed by atoms with E-state index in [1.165, 1.54) is 30.4 Å². The molecule has 0 radical (unpaired) electrons. The highest BCUT2D eigenvalue weighted by molar-refractivity contribution is 5.32. The van der Waals surface area contributed by atoms with Crippen LogP contribution in [0.3, 0.4) is 0 Å². The van der Waals surface area contributed by atoms with Crippen LogP contribution in [0.1, 0.15) is 41.7 Å². The topological polar surface area (TPSA) is 38.1 Å². The highest BCUT2D eigenvalue weighted by atomic mass is 16.4. The first-order valence-electron chi connectivity index (χ1n) is 6.55. The molecule has 0 bridgehead atoms. The smallest absolute Gasteiger partial charge is 0.208 e. The summed E-state index contributed by atoms with van der Waals surface area (Å²) < 4.78 is 5.49. The molecule has 1 aliphatic rings. The summed E-state index contributed by atoms with van der Waals surface area (Å²) in [6.07, 6.45) is 5.41. The van der Waals surface area contributed by atoms with Crippen molar-refractivity contribution in [1.82, 2.24) is 10.3 Å². The quantitative estimate of drug-likeness (QED) is 0.898. The average molecular weight is 242 g/mol. The van der Waals surface area contributed by atoms with Crippen LogP contribution in [-0.4, -0.2) is 4.98 Å². The highest BCUT2D eigenvalue weighted by Gasteiger charge is 2.19. The van der Waals surface area contributed by atoms with Gasteiger partial charge in [0.15, 0.2) is 0 Å². The van der Waals surface area contributed by atoms with Crippen molar-refractivity contribution in [3.8, 4) is 0 Å². The molecule has 1 heterocycles. The Kier molecular flexibility index (Phi) is 3.15. The molecule has 1 atom stereocenters. The van der Waals surface area contributed by atoms with Gasteiger partial charge in [0.25, 0.3) is 0 Å². The van der Waals surface area contributed by atoms with Gasteiger partial charge in [-0.25, -0.2) is 4.98 Å². The molecule has 1 aromatic carbocycles. The van der Waals surface area contributed by atoms with Gasteiger partial charge in [0.05, 0.1) is 12.7 Å². The molecule has 1 unspecified atom stereocenters. The van der Waals surface area contributed by atoms with E-state index in [-0.39, 0.29) is 0 Å². The summed E-state index contributed by atoms with van der Waals surface area (Å²) in [5, 5.41) is 3.55. The number of nitrogens with one attached hydrogen (secondary N) is 1. The van der Waals surface area contributed by atoms with Gasteiger partial charge in [0, 0.05) is 6.04 Å². The molecular weight excluding hydrogens is 224 g/mol. The zero-order chi connectivity index (χ0) is 12.4. The van der Waals surface area contributed by atoms with Crippen LogP contribution in [0.15, 0.2) is 34.9 Å². The molecule has 3 heteroatoms. The second kappa shape index (κ2) is 4.94. The van der Waals surface area contributed by atoms with Crippen molar-refractivity contribution >= 4 is 0 Å². The molecule has 0 amide bonds. The molecule has 3 rings (SSSR count). The zero-order valence-corrected chi connectivity index (χ0v) is 10.6. The SMILES string of the molecule is Cc1cnc(CNC2CCCc3ccccc32)o1. The van der Waals surface area contributed by atoms with Gasteiger partial charge >= 0.3 is 0 Å². The molecule has 1 aliphatic carbocycles. The van der Waals surface area contributed by atoms with Gasteiger partial charge in [-0.05, 0) is 37.3 Å². The second-order valence-electron chi connectivity index (χ2n) is 4.89. The van der Waals surface area contributed by atoms with E-state index in [9.17, 15) is 0 Å². The number of benzene rings is 1. The van der Waals surface area contributed by atoms with E-state index < -0.39 is 0 Å². The van der Waals surface area contributed by atoms with Gasteiger partial charge in [-0.3, -0.25) is 0 Å². The molecule has 18 heavy (non-hydrogen) atoms. The lowest BCUT2D eigenvalue weighted by Crippen LogP contribution is -2.24. The van der Waals surface area contributed by atoms with Gasteiger partial charge in [-0.15, -0.1) is 0 Å². The number of rotatable bonds is 3. The first-order chi connectivity index (χ1) is 8.83. The van der Waals surface area contributed by atoms with Crippen molar-refractivity contribution in [2.24, 2.45) is 0 Å². The Hall–Kier alpha value is -1.61. The molecule has 0 saturated heterocycles. The number of fused-ring (bicyclic) bond motifs is 1. The van der Waals surface area contributed by atoms with Crippen LogP contribution in [0, 0.1) is 6.92 Å². The number of nitrogens with zero attached hydrogens (tertiary/aromatic N) is 1. The van der Waals surface area contributed by atoms with Gasteiger partial charge < -0.3 is 9.73 Å². The number of hydrogen-bond donors (Lipinski definition) is 1. The highest BCUT2D eigenvalue weighted by Crippen LogP contribution is 2.29. The predicted octanol–water partition coefficient (Wildman–Crippen LogP) is 3.15. The molecule has 0 aliphatic heterocycles. The van der Waals surface area contributed by atoms with Gasteiger partial charge in [-0.1, -0.05) is 24.3 Å². The van der Waals surface area contributed by atoms with Crippen molar-refractivity contribution in [3.63, 3.8) is 0 Å². The van der Waals surface area contributed by atoms with Crippen LogP contribution < -0.4 is 5.32 Å². The van der Waals surface area contributed by atoms with Crippen LogP contribution >= 0.6 is 0 Å². The summed E-state index contributed by atoms with van der Waals surface area (Å²) >= 11 is 0. The summed E-state index contributed by atoms with van der Waals surface area (Å²) in [6, 6.07) is 9.14. The molecule has 94 valence electrons. The third kappa shape index (κ3) is 2.31. The van der Waals surface area contributed by atoms with Gasteiger partial charge in [-0.2, -0.15) is 0 Å². The van der Waals surface area contributed by atoms with E-state index in [2.05, 4.69) is 34.6 Å². The van der Waals surface area contributed by atoms with Crippen LogP contribution in [0.4, 0.5) is 0 Å². The monoisotopic (exact) mass is 242 g/mol. The van der Waals surface area contributed by atoms with Gasteiger partial charge in [0.2, 0.25) is 5.89 Å². The third-order valence-electron chi connectivity index (χ3n) is 3.54. The van der Waals surface area contributed by atoms with Crippen LogP contribution in [0.25, 0.3) is 0 Å². The molecule has 1 N–H and O–H groups in total. The van der Waals surface area contributed by atoms with Crippen molar-refractivity contribution < 1.29 is 4.42 Å². The molecule has 2 aromatic rings. The standard InChI is InChI=1S/C15H18N2O/c1-11-9-17-15(18-11)10-16-14-8-4-6-12-5-2-3-7-13(12)14/h2-3,5,7,9,14,16H,4,6,8,10H2,1H3. The second-order valence-corrected chi connectivity index (χ2v) is 4.89. The normalized spacial score (nSPS) is 18.6. The van der Waals surface area contributed by atoms with Crippen LogP contribution in [-0.2, 0) is 13.0 Å². The Morgan fingerprint density at radius 1 is 1.39 bits per heavy atom. The van der Waals surface area contributed by atoms with Crippen LogP contribution in [0.5, 0.6) is 0 Å². The number of oxazole rings is 1. The first-order valence-corrected chi connectivity index (χ1v) is 6.55. The lowest BCUT2D eigenvalue weighted by Gasteiger charge is -2.26. The summed E-state index contributed by atoms with van der Waals surface area (Å²) in [6.45, 7) is 2.62. The van der Waals surface area contributed by atoms with E-state index in [4.69, 9.17) is 4.42 Å². The third-order valence-corrected chi connectivity index (χ3v) is 3.54. The Morgan fingerprint density at radius 2 is 2.28 bits per heavy atom. The van der Waals surface area contributed by atoms with Crippen LogP contribution in [0.2, 0.25) is 0 Å². The lowest BCUT2D eigenvalue weighted by atomic mass is 9.88. The number of aromatic nitrogens is 1. The summed E-state index contributed by atoms with van der Waals surface area (Å²) in [4.78, 5) is 4.23. The minimum Gasteiger partial charge on any atom is -0.445 e. The van der Waals surface area contributed by atoms with Crippen molar-refractivity contribution in [3.05, 3.63) is 53.2 Å². The van der Waals surface area contributed by atoms with E-state index >= 15 is 0 Å². The minimum atomic E-state index is 0.433. The summed E-state index contributed by atoms with van der Waals surface area (Å²) in [5.74, 6) is 1.64. The Bertz CT molecular complexity index is 533. The molecule has 0 fully saturated rings. The predicted molar refractivity (Wildman–Crippen MR) is 70.2 cm³/mol. The molecule has 3 nitrogen and oxygen atoms in total. The number of aryl methyl sites for hydroxylation is 2. The Balaban J connectivity index is 1.71. The summed E-state index contributed by atoms with van der Waals surface area (Å²) in [5.41, 5.74) is 2.91. The molecule has 0 spiro atoms. The van der Waals surface area contributed by atoms with E-state index in [0.717, 1.165) is 11.7 Å². The van der Waals surface area contributed by atoms with Crippen molar-refractivity contribution in [2.45, 2.75) is 38.8 Å². The lowest BCUT2D eigenvalue weighted by molar-refractivity contribution is 0.401. The van der Waals surface area contributed by atoms with E-state index in [0.29, 0.717) is 12.6 Å². The Labute approximate surface area is 107 Å². The zero-order valence-electron chi connectivity index (χ0n) is 10.6. The fourth-order valence-electron chi connectivity index (χ4n) is 2.66. The fraction of sp³-hybridized carbons (Fsp3) is 0.400. The van der Waals surface area contributed by atoms with Crippen molar-refractivity contribution in [2.75, 3.05) is 0 Å². The number of hydrogen-bond acceptors (Lipinski definition) is 3. The van der Waals surface area contributed by atoms with E-state index in [1.807, 2.05) is 6.92 Å². The molecule has 1 aromatic heterocycles. The molecule has 0 saturated carbocycles. The van der Waals surface area contributed by atoms with Crippen molar-refractivity contribution in [1.29, 1.82) is 0 Å². The largest absolute Gasteiger partial charge is 0.445 e. The maximum absolute atomic E-state index is 5.49. The van der Waals surface area contributed by atoms with E-state index in [1.54, 1.807) is 6.20 Å². The minimum absolute atomic E-state index is 0.433. The summed E-state index contributed by atoms with van der Waals surface area (Å²) in [7, 11) is 0. The average Bonchev–Trinajstić information content (AvgIpc) is 2.82. The first kappa shape index (κ1) is 11.5. The van der Waals surface area contributed by atoms with Gasteiger partial charge in [0.1, 0.15) is 5.76 Å². The maximum atomic E-state index is 5.49. The maximum Gasteiger partial charge on any atom is 0.208 e. The fourth-order valence-corrected chi connectivity index (χ4v) is 2.66.